The van der Waals surface area contributed by atoms with E-state index in [0.717, 1.165) is 12.1 Å². The number of halogens is 1. The highest BCUT2D eigenvalue weighted by atomic mass is 32.2. The summed E-state index contributed by atoms with van der Waals surface area (Å²) in [5.41, 5.74) is 2.66. The van der Waals surface area contributed by atoms with E-state index in [1.165, 1.54) is 12.1 Å². The van der Waals surface area contributed by atoms with Crippen molar-refractivity contribution in [2.24, 2.45) is 0 Å². The summed E-state index contributed by atoms with van der Waals surface area (Å²) < 4.78 is 40.4. The Bertz CT molecular complexity index is 1330. The summed E-state index contributed by atoms with van der Waals surface area (Å²) in [6, 6.07) is 12.9. The van der Waals surface area contributed by atoms with E-state index in [-0.39, 0.29) is 10.7 Å². The number of pyridine rings is 1. The molecule has 0 aliphatic rings. The number of hydrogen-bond donors (Lipinski definition) is 2. The summed E-state index contributed by atoms with van der Waals surface area (Å²) in [4.78, 5) is 16.8. The van der Waals surface area contributed by atoms with Gasteiger partial charge in [-0.05, 0) is 42.5 Å². The van der Waals surface area contributed by atoms with E-state index < -0.39 is 15.8 Å². The van der Waals surface area contributed by atoms with Gasteiger partial charge in [0.2, 0.25) is 0 Å². The van der Waals surface area contributed by atoms with Crippen molar-refractivity contribution in [3.8, 4) is 11.3 Å². The molecule has 0 bridgehead atoms. The number of sulfonamides is 1. The summed E-state index contributed by atoms with van der Waals surface area (Å²) >= 11 is 0. The first-order chi connectivity index (χ1) is 14.4. The molecule has 0 unspecified atom stereocenters. The van der Waals surface area contributed by atoms with E-state index in [9.17, 15) is 17.6 Å². The molecule has 0 saturated carbocycles. The van der Waals surface area contributed by atoms with Crippen molar-refractivity contribution in [3.63, 3.8) is 0 Å². The average molecular weight is 424 g/mol. The summed E-state index contributed by atoms with van der Waals surface area (Å²) in [5, 5.41) is 7.41. The molecule has 30 heavy (non-hydrogen) atoms. The number of carbonyl (C=O) groups excluding carboxylic acids is 1. The highest BCUT2D eigenvalue weighted by Gasteiger charge is 2.16. The molecular weight excluding hydrogens is 407 g/mol. The van der Waals surface area contributed by atoms with Gasteiger partial charge in [-0.15, -0.1) is 0 Å². The topological polar surface area (TPSA) is 105 Å². The first-order valence-electron chi connectivity index (χ1n) is 9.13. The lowest BCUT2D eigenvalue weighted by atomic mass is 10.0. The van der Waals surface area contributed by atoms with Gasteiger partial charge in [-0.1, -0.05) is 19.1 Å². The van der Waals surface area contributed by atoms with E-state index in [2.05, 4.69) is 19.9 Å². The maximum absolute atomic E-state index is 13.0. The highest BCUT2D eigenvalue weighted by Crippen LogP contribution is 2.26. The number of nitrogens with zero attached hydrogens (tertiary/aromatic N) is 2. The molecule has 2 heterocycles. The van der Waals surface area contributed by atoms with Gasteiger partial charge in [0.25, 0.3) is 10.0 Å². The predicted molar refractivity (Wildman–Crippen MR) is 111 cm³/mol. The van der Waals surface area contributed by atoms with Crippen molar-refractivity contribution < 1.29 is 17.6 Å². The van der Waals surface area contributed by atoms with Crippen LogP contribution in [0.4, 0.5) is 10.1 Å². The standard InChI is InChI=1S/C21H17FN4O3S/c1-2-20(27)17-11-19(24-21-18(17)12-23-25-21)13-3-7-15(8-4-13)26-30(28,29)16-9-5-14(22)6-10-16/h3-12,26H,2H2,1H3,(H,23,24,25). The molecule has 9 heteroatoms. The largest absolute Gasteiger partial charge is 0.294 e. The Labute approximate surface area is 172 Å². The maximum Gasteiger partial charge on any atom is 0.261 e. The fourth-order valence-electron chi connectivity index (χ4n) is 3.03. The number of hydrogen-bond acceptors (Lipinski definition) is 5. The molecule has 0 radical (unpaired) electrons. The predicted octanol–water partition coefficient (Wildman–Crippen LogP) is 4.16. The van der Waals surface area contributed by atoms with E-state index in [4.69, 9.17) is 0 Å². The van der Waals surface area contributed by atoms with Crippen LogP contribution in [0.3, 0.4) is 0 Å². The lowest BCUT2D eigenvalue weighted by Gasteiger charge is -2.09. The minimum atomic E-state index is -3.84. The third kappa shape index (κ3) is 3.79. The molecule has 0 aliphatic carbocycles. The zero-order chi connectivity index (χ0) is 21.3. The van der Waals surface area contributed by atoms with E-state index in [1.54, 1.807) is 43.5 Å². The van der Waals surface area contributed by atoms with Crippen LogP contribution in [0.15, 0.2) is 65.7 Å². The van der Waals surface area contributed by atoms with Crippen LogP contribution in [-0.4, -0.2) is 29.4 Å². The molecule has 0 atom stereocenters. The van der Waals surface area contributed by atoms with Gasteiger partial charge in [0.15, 0.2) is 11.4 Å². The van der Waals surface area contributed by atoms with E-state index in [1.807, 2.05) is 0 Å². The van der Waals surface area contributed by atoms with Crippen molar-refractivity contribution in [2.45, 2.75) is 18.2 Å². The molecule has 4 rings (SSSR count). The third-order valence-corrected chi connectivity index (χ3v) is 6.00. The number of anilines is 1. The molecule has 2 aromatic carbocycles. The van der Waals surface area contributed by atoms with Crippen LogP contribution in [0, 0.1) is 5.82 Å². The van der Waals surface area contributed by atoms with Gasteiger partial charge in [0, 0.05) is 28.6 Å². The first kappa shape index (κ1) is 19.7. The van der Waals surface area contributed by atoms with Gasteiger partial charge in [-0.3, -0.25) is 14.6 Å². The fraction of sp³-hybridized carbons (Fsp3) is 0.0952. The van der Waals surface area contributed by atoms with Crippen molar-refractivity contribution >= 4 is 32.5 Å². The smallest absolute Gasteiger partial charge is 0.261 e. The maximum atomic E-state index is 13.0. The van der Waals surface area contributed by atoms with Crippen LogP contribution >= 0.6 is 0 Å². The van der Waals surface area contributed by atoms with Gasteiger partial charge in [-0.25, -0.2) is 17.8 Å². The molecule has 0 aliphatic heterocycles. The number of H-pyrrole nitrogens is 1. The molecule has 2 N–H and O–H groups in total. The molecule has 7 nitrogen and oxygen atoms in total. The first-order valence-corrected chi connectivity index (χ1v) is 10.6. The van der Waals surface area contributed by atoms with Gasteiger partial charge < -0.3 is 0 Å². The number of nitrogens with one attached hydrogen (secondary N) is 2. The number of aromatic amines is 1. The second-order valence-electron chi connectivity index (χ2n) is 6.60. The number of fused-ring (bicyclic) bond motifs is 1. The molecular formula is C21H17FN4O3S. The van der Waals surface area contributed by atoms with Crippen molar-refractivity contribution in [1.29, 1.82) is 0 Å². The highest BCUT2D eigenvalue weighted by molar-refractivity contribution is 7.92. The number of carbonyl (C=O) groups is 1. The van der Waals surface area contributed by atoms with Crippen LogP contribution in [-0.2, 0) is 10.0 Å². The number of aromatic nitrogens is 3. The number of ketones is 1. The Morgan fingerprint density at radius 1 is 1.10 bits per heavy atom. The normalized spacial score (nSPS) is 11.5. The molecule has 4 aromatic rings. The van der Waals surface area contributed by atoms with Crippen LogP contribution < -0.4 is 4.72 Å². The molecule has 0 saturated heterocycles. The van der Waals surface area contributed by atoms with E-state index in [0.29, 0.717) is 40.0 Å². The average Bonchev–Trinajstić information content (AvgIpc) is 3.22. The molecule has 0 fully saturated rings. The Hall–Kier alpha value is -3.59. The number of benzene rings is 2. The van der Waals surface area contributed by atoms with Crippen LogP contribution in [0.5, 0.6) is 0 Å². The van der Waals surface area contributed by atoms with Crippen LogP contribution in [0.2, 0.25) is 0 Å². The van der Waals surface area contributed by atoms with Crippen molar-refractivity contribution in [3.05, 3.63) is 72.2 Å². The fourth-order valence-corrected chi connectivity index (χ4v) is 4.09. The lowest BCUT2D eigenvalue weighted by Crippen LogP contribution is -2.12. The summed E-state index contributed by atoms with van der Waals surface area (Å²) in [7, 11) is -3.84. The quantitative estimate of drug-likeness (QED) is 0.452. The summed E-state index contributed by atoms with van der Waals surface area (Å²) in [6.45, 7) is 1.79. The Morgan fingerprint density at radius 3 is 2.47 bits per heavy atom. The van der Waals surface area contributed by atoms with Gasteiger partial charge in [-0.2, -0.15) is 5.10 Å². The minimum absolute atomic E-state index is 0.0197. The van der Waals surface area contributed by atoms with Crippen LogP contribution in [0.25, 0.3) is 22.3 Å². The molecule has 0 spiro atoms. The van der Waals surface area contributed by atoms with Crippen molar-refractivity contribution in [2.75, 3.05) is 4.72 Å². The van der Waals surface area contributed by atoms with Gasteiger partial charge in [0.1, 0.15) is 5.82 Å². The molecule has 0 amide bonds. The van der Waals surface area contributed by atoms with Gasteiger partial charge in [0.05, 0.1) is 16.8 Å². The third-order valence-electron chi connectivity index (χ3n) is 4.60. The zero-order valence-corrected chi connectivity index (χ0v) is 16.7. The van der Waals surface area contributed by atoms with Gasteiger partial charge >= 0.3 is 0 Å². The SMILES string of the molecule is CCC(=O)c1cc(-c2ccc(NS(=O)(=O)c3ccc(F)cc3)cc2)nc2[nH]ncc12. The zero-order valence-electron chi connectivity index (χ0n) is 15.9. The monoisotopic (exact) mass is 424 g/mol. The Balaban J connectivity index is 1.64. The Morgan fingerprint density at radius 2 is 1.80 bits per heavy atom. The summed E-state index contributed by atoms with van der Waals surface area (Å²) in [6.07, 6.45) is 1.93. The van der Waals surface area contributed by atoms with E-state index >= 15 is 0 Å². The minimum Gasteiger partial charge on any atom is -0.294 e. The molecule has 2 aromatic heterocycles. The second-order valence-corrected chi connectivity index (χ2v) is 8.28. The molecule has 152 valence electrons. The Kier molecular flexibility index (Phi) is 5.04. The van der Waals surface area contributed by atoms with Crippen LogP contribution in [0.1, 0.15) is 23.7 Å². The van der Waals surface area contributed by atoms with Crippen molar-refractivity contribution in [1.82, 2.24) is 15.2 Å². The summed E-state index contributed by atoms with van der Waals surface area (Å²) in [5.74, 6) is -0.533. The number of Topliss-reactive ketones (excluding diaryl/α,β-unsaturated/α-hetero) is 1. The second kappa shape index (κ2) is 7.68. The number of rotatable bonds is 6. The lowest BCUT2D eigenvalue weighted by molar-refractivity contribution is 0.0989.